The second-order valence-electron chi connectivity index (χ2n) is 11.3. The minimum Gasteiger partial charge on any atom is -0.444 e. The fourth-order valence-electron chi connectivity index (χ4n) is 3.79. The molecule has 198 valence electrons. The number of thioether (sulfide) groups is 1. The molecular weight excluding hydrogens is 462 g/mol. The van der Waals surface area contributed by atoms with E-state index in [9.17, 15) is 14.4 Å². The zero-order chi connectivity index (χ0) is 27.1. The van der Waals surface area contributed by atoms with Crippen molar-refractivity contribution in [2.45, 2.75) is 105 Å². The SMILES string of the molecule is CSCCC(NC(=O)OC(C)(C)C)C(=O)N(C(C)C)C(C(=O)NC(C)(C)C)c1ccc(C)cc1C. The summed E-state index contributed by atoms with van der Waals surface area (Å²) in [7, 11) is 0. The number of nitrogens with zero attached hydrogens (tertiary/aromatic N) is 1. The first-order valence-electron chi connectivity index (χ1n) is 12.2. The molecule has 3 amide bonds. The molecule has 2 N–H and O–H groups in total. The maximum Gasteiger partial charge on any atom is 0.408 e. The smallest absolute Gasteiger partial charge is 0.408 e. The van der Waals surface area contributed by atoms with Crippen LogP contribution in [0.1, 0.15) is 84.5 Å². The summed E-state index contributed by atoms with van der Waals surface area (Å²) in [5.41, 5.74) is 1.60. The Kier molecular flexibility index (Phi) is 11.1. The largest absolute Gasteiger partial charge is 0.444 e. The summed E-state index contributed by atoms with van der Waals surface area (Å²) in [6.45, 7) is 18.8. The van der Waals surface area contributed by atoms with Crippen molar-refractivity contribution in [3.63, 3.8) is 0 Å². The summed E-state index contributed by atoms with van der Waals surface area (Å²) in [5.74, 6) is 0.0990. The molecule has 2 unspecified atom stereocenters. The normalized spacial score (nSPS) is 13.7. The molecule has 2 atom stereocenters. The van der Waals surface area contributed by atoms with Gasteiger partial charge >= 0.3 is 6.09 Å². The molecule has 1 aromatic rings. The molecule has 0 saturated carbocycles. The van der Waals surface area contributed by atoms with Gasteiger partial charge in [-0.25, -0.2) is 4.79 Å². The Morgan fingerprint density at radius 2 is 1.66 bits per heavy atom. The van der Waals surface area contributed by atoms with Gasteiger partial charge in [0.05, 0.1) is 0 Å². The molecule has 1 rings (SSSR count). The molecule has 0 aromatic heterocycles. The summed E-state index contributed by atoms with van der Waals surface area (Å²) >= 11 is 1.59. The van der Waals surface area contributed by atoms with E-state index in [1.165, 1.54) is 0 Å². The lowest BCUT2D eigenvalue weighted by Gasteiger charge is -2.39. The molecule has 1 aromatic carbocycles. The van der Waals surface area contributed by atoms with Crippen LogP contribution in [0.4, 0.5) is 4.79 Å². The van der Waals surface area contributed by atoms with Gasteiger partial charge in [-0.2, -0.15) is 11.8 Å². The van der Waals surface area contributed by atoms with Crippen LogP contribution < -0.4 is 10.6 Å². The van der Waals surface area contributed by atoms with E-state index in [0.29, 0.717) is 12.2 Å². The van der Waals surface area contributed by atoms with E-state index < -0.39 is 29.3 Å². The first kappa shape index (κ1) is 30.8. The Labute approximate surface area is 216 Å². The molecule has 0 aliphatic carbocycles. The van der Waals surface area contributed by atoms with Gasteiger partial charge in [-0.15, -0.1) is 0 Å². The van der Waals surface area contributed by atoms with Crippen molar-refractivity contribution in [2.24, 2.45) is 0 Å². The van der Waals surface area contributed by atoms with Gasteiger partial charge in [-0.05, 0) is 98.8 Å². The Hall–Kier alpha value is -2.22. The summed E-state index contributed by atoms with van der Waals surface area (Å²) in [6, 6.07) is 3.91. The number of carbonyl (C=O) groups excluding carboxylic acids is 3. The highest BCUT2D eigenvalue weighted by Gasteiger charge is 2.39. The molecule has 0 heterocycles. The predicted octanol–water partition coefficient (Wildman–Crippen LogP) is 5.14. The Morgan fingerprint density at radius 1 is 1.06 bits per heavy atom. The van der Waals surface area contributed by atoms with Crippen molar-refractivity contribution in [3.8, 4) is 0 Å². The van der Waals surface area contributed by atoms with E-state index in [2.05, 4.69) is 10.6 Å². The van der Waals surface area contributed by atoms with Gasteiger partial charge in [0.25, 0.3) is 0 Å². The van der Waals surface area contributed by atoms with Crippen LogP contribution >= 0.6 is 11.8 Å². The fraction of sp³-hybridized carbons (Fsp3) is 0.667. The summed E-state index contributed by atoms with van der Waals surface area (Å²) in [6.07, 6.45) is 1.72. The van der Waals surface area contributed by atoms with E-state index in [0.717, 1.165) is 16.7 Å². The first-order valence-corrected chi connectivity index (χ1v) is 13.6. The van der Waals surface area contributed by atoms with Crippen LogP contribution in [-0.4, -0.2) is 58.0 Å². The minimum atomic E-state index is -0.848. The summed E-state index contributed by atoms with van der Waals surface area (Å²) in [4.78, 5) is 41.9. The molecule has 0 bridgehead atoms. The van der Waals surface area contributed by atoms with Crippen LogP contribution in [0.25, 0.3) is 0 Å². The van der Waals surface area contributed by atoms with Gasteiger partial charge in [0, 0.05) is 11.6 Å². The van der Waals surface area contributed by atoms with Crippen LogP contribution in [0.2, 0.25) is 0 Å². The molecule has 0 spiro atoms. The molecule has 0 saturated heterocycles. The zero-order valence-corrected chi connectivity index (χ0v) is 24.2. The van der Waals surface area contributed by atoms with Crippen LogP contribution in [0, 0.1) is 13.8 Å². The number of rotatable bonds is 9. The molecule has 0 radical (unpaired) electrons. The monoisotopic (exact) mass is 507 g/mol. The van der Waals surface area contributed by atoms with Gasteiger partial charge in [0.2, 0.25) is 11.8 Å². The average Bonchev–Trinajstić information content (AvgIpc) is 2.66. The second-order valence-corrected chi connectivity index (χ2v) is 12.3. The number of nitrogens with one attached hydrogen (secondary N) is 2. The number of amides is 3. The van der Waals surface area contributed by atoms with Crippen molar-refractivity contribution in [3.05, 3.63) is 34.9 Å². The standard InChI is InChI=1S/C27H45N3O4S/c1-17(2)30(24(32)21(14-15-35-11)28-25(33)34-27(8,9)10)22(23(31)29-26(5,6)7)20-13-12-18(3)16-19(20)4/h12-13,16-17,21-22H,14-15H2,1-11H3,(H,28,33)(H,29,31). The predicted molar refractivity (Wildman–Crippen MR) is 145 cm³/mol. The molecule has 8 heteroatoms. The number of hydrogen-bond donors (Lipinski definition) is 2. The van der Waals surface area contributed by atoms with Crippen LogP contribution in [0.3, 0.4) is 0 Å². The molecule has 0 aliphatic heterocycles. The van der Waals surface area contributed by atoms with Crippen molar-refractivity contribution in [1.29, 1.82) is 0 Å². The molecule has 0 aliphatic rings. The second kappa shape index (κ2) is 12.7. The summed E-state index contributed by atoms with van der Waals surface area (Å²) < 4.78 is 5.42. The quantitative estimate of drug-likeness (QED) is 0.483. The highest BCUT2D eigenvalue weighted by molar-refractivity contribution is 7.98. The van der Waals surface area contributed by atoms with Crippen LogP contribution in [0.15, 0.2) is 18.2 Å². The van der Waals surface area contributed by atoms with Gasteiger partial charge in [-0.3, -0.25) is 9.59 Å². The number of carbonyl (C=O) groups is 3. The van der Waals surface area contributed by atoms with Gasteiger partial charge < -0.3 is 20.3 Å². The lowest BCUT2D eigenvalue weighted by atomic mass is 9.94. The minimum absolute atomic E-state index is 0.257. The van der Waals surface area contributed by atoms with Crippen LogP contribution in [-0.2, 0) is 14.3 Å². The lowest BCUT2D eigenvalue weighted by Crippen LogP contribution is -2.56. The maximum atomic E-state index is 14.0. The topological polar surface area (TPSA) is 87.7 Å². The van der Waals surface area contributed by atoms with E-state index in [1.807, 2.05) is 72.9 Å². The number of aryl methyl sites for hydroxylation is 2. The third kappa shape index (κ3) is 10.1. The molecular formula is C27H45N3O4S. The van der Waals surface area contributed by atoms with Gasteiger partial charge in [0.15, 0.2) is 0 Å². The van der Waals surface area contributed by atoms with E-state index >= 15 is 0 Å². The van der Waals surface area contributed by atoms with Crippen molar-refractivity contribution in [2.75, 3.05) is 12.0 Å². The highest BCUT2D eigenvalue weighted by Crippen LogP contribution is 2.29. The van der Waals surface area contributed by atoms with Crippen molar-refractivity contribution >= 4 is 29.7 Å². The first-order chi connectivity index (χ1) is 16.0. The van der Waals surface area contributed by atoms with Crippen LogP contribution in [0.5, 0.6) is 0 Å². The maximum absolute atomic E-state index is 14.0. The molecule has 0 fully saturated rings. The highest BCUT2D eigenvalue weighted by atomic mass is 32.2. The fourth-order valence-corrected chi connectivity index (χ4v) is 4.26. The average molecular weight is 508 g/mol. The Bertz CT molecular complexity index is 887. The molecule has 35 heavy (non-hydrogen) atoms. The van der Waals surface area contributed by atoms with Gasteiger partial charge in [0.1, 0.15) is 17.7 Å². The lowest BCUT2D eigenvalue weighted by molar-refractivity contribution is -0.145. The Balaban J connectivity index is 3.53. The van der Waals surface area contributed by atoms with E-state index in [-0.39, 0.29) is 17.9 Å². The Morgan fingerprint density at radius 3 is 2.11 bits per heavy atom. The number of ether oxygens (including phenoxy) is 1. The van der Waals surface area contributed by atoms with E-state index in [1.54, 1.807) is 37.4 Å². The number of hydrogen-bond acceptors (Lipinski definition) is 5. The third-order valence-corrected chi connectivity index (χ3v) is 5.80. The van der Waals surface area contributed by atoms with Crippen molar-refractivity contribution < 1.29 is 19.1 Å². The van der Waals surface area contributed by atoms with Gasteiger partial charge in [-0.1, -0.05) is 23.8 Å². The number of benzene rings is 1. The third-order valence-electron chi connectivity index (χ3n) is 5.16. The van der Waals surface area contributed by atoms with Crippen molar-refractivity contribution in [1.82, 2.24) is 15.5 Å². The summed E-state index contributed by atoms with van der Waals surface area (Å²) in [5, 5.41) is 5.82. The van der Waals surface area contributed by atoms with E-state index in [4.69, 9.17) is 4.74 Å². The zero-order valence-electron chi connectivity index (χ0n) is 23.4. The number of alkyl carbamates (subject to hydrolysis) is 1. The molecule has 7 nitrogen and oxygen atoms in total.